The van der Waals surface area contributed by atoms with Crippen LogP contribution in [-0.2, 0) is 4.79 Å². The zero-order valence-corrected chi connectivity index (χ0v) is 20.5. The Balaban J connectivity index is 1.40. The lowest BCUT2D eigenvalue weighted by atomic mass is 10.1. The van der Waals surface area contributed by atoms with Crippen molar-refractivity contribution in [2.24, 2.45) is 0 Å². The van der Waals surface area contributed by atoms with Crippen LogP contribution < -0.4 is 10.5 Å². The fraction of sp³-hybridized carbons (Fsp3) is 0.250. The van der Waals surface area contributed by atoms with Crippen LogP contribution in [0.3, 0.4) is 0 Å². The maximum absolute atomic E-state index is 12.7. The van der Waals surface area contributed by atoms with Crippen LogP contribution in [0.15, 0.2) is 79.3 Å². The van der Waals surface area contributed by atoms with Crippen molar-refractivity contribution in [1.29, 1.82) is 0 Å². The minimum absolute atomic E-state index is 0.0409. The number of ether oxygens (including phenoxy) is 1. The van der Waals surface area contributed by atoms with Crippen LogP contribution in [0.5, 0.6) is 11.5 Å². The van der Waals surface area contributed by atoms with Crippen molar-refractivity contribution in [1.82, 2.24) is 24.3 Å². The first-order valence-corrected chi connectivity index (χ1v) is 12.0. The highest BCUT2D eigenvalue weighted by atomic mass is 16.5. The van der Waals surface area contributed by atoms with Crippen molar-refractivity contribution in [3.8, 4) is 22.6 Å². The van der Waals surface area contributed by atoms with E-state index < -0.39 is 0 Å². The Hall–Kier alpha value is -4.17. The highest BCUT2D eigenvalue weighted by Crippen LogP contribution is 2.37. The summed E-state index contributed by atoms with van der Waals surface area (Å²) < 4.78 is 8.09. The van der Waals surface area contributed by atoms with Crippen molar-refractivity contribution in [2.45, 2.75) is 12.5 Å². The van der Waals surface area contributed by atoms with Crippen LogP contribution in [0.25, 0.3) is 22.2 Å². The van der Waals surface area contributed by atoms with E-state index in [4.69, 9.17) is 10.5 Å². The van der Waals surface area contributed by atoms with Crippen LogP contribution in [0.1, 0.15) is 12.5 Å². The lowest BCUT2D eigenvalue weighted by Gasteiger charge is -2.16. The van der Waals surface area contributed by atoms with E-state index in [1.807, 2.05) is 84.6 Å². The Morgan fingerprint density at radius 2 is 1.86 bits per heavy atom. The minimum Gasteiger partial charge on any atom is -0.457 e. The van der Waals surface area contributed by atoms with Gasteiger partial charge in [0.15, 0.2) is 0 Å². The number of para-hydroxylation sites is 1. The van der Waals surface area contributed by atoms with Gasteiger partial charge < -0.3 is 24.8 Å². The van der Waals surface area contributed by atoms with Gasteiger partial charge in [-0.05, 0) is 50.3 Å². The second-order valence-electron chi connectivity index (χ2n) is 9.24. The molecule has 0 saturated carbocycles. The molecule has 1 aliphatic rings. The molecule has 0 aliphatic carbocycles. The number of amides is 1. The van der Waals surface area contributed by atoms with Gasteiger partial charge in [0.2, 0.25) is 5.91 Å². The molecule has 3 heterocycles. The lowest BCUT2D eigenvalue weighted by molar-refractivity contribution is -0.125. The lowest BCUT2D eigenvalue weighted by Crippen LogP contribution is -2.27. The van der Waals surface area contributed by atoms with Crippen molar-refractivity contribution in [2.75, 3.05) is 39.5 Å². The monoisotopic (exact) mass is 482 g/mol. The van der Waals surface area contributed by atoms with E-state index in [1.165, 1.54) is 6.33 Å². The first kappa shape index (κ1) is 23.6. The molecule has 2 N–H and O–H groups in total. The zero-order valence-electron chi connectivity index (χ0n) is 20.5. The molecule has 1 saturated heterocycles. The highest BCUT2D eigenvalue weighted by Gasteiger charge is 2.29. The average molecular weight is 483 g/mol. The topological polar surface area (TPSA) is 89.5 Å². The van der Waals surface area contributed by atoms with Crippen molar-refractivity contribution >= 4 is 22.8 Å². The number of hydrogen-bond donors (Lipinski definition) is 1. The van der Waals surface area contributed by atoms with Crippen molar-refractivity contribution < 1.29 is 9.53 Å². The molecule has 1 amide bonds. The molecular weight excluding hydrogens is 452 g/mol. The number of aromatic nitrogens is 3. The van der Waals surface area contributed by atoms with Gasteiger partial charge in [-0.25, -0.2) is 9.97 Å². The number of carbonyl (C=O) groups excluding carboxylic acids is 1. The Morgan fingerprint density at radius 3 is 2.61 bits per heavy atom. The Morgan fingerprint density at radius 1 is 1.11 bits per heavy atom. The number of carbonyl (C=O) groups is 1. The Bertz CT molecular complexity index is 1380. The summed E-state index contributed by atoms with van der Waals surface area (Å²) in [6, 6.07) is 17.7. The number of fused-ring (bicyclic) bond motifs is 1. The van der Waals surface area contributed by atoms with Gasteiger partial charge >= 0.3 is 0 Å². The summed E-state index contributed by atoms with van der Waals surface area (Å²) in [5.74, 6) is 2.02. The summed E-state index contributed by atoms with van der Waals surface area (Å²) >= 11 is 0. The number of likely N-dealkylation sites (N-methyl/N-ethyl adjacent to an activating group) is 1. The molecule has 8 nitrogen and oxygen atoms in total. The number of benzene rings is 2. The number of rotatable bonds is 7. The van der Waals surface area contributed by atoms with Gasteiger partial charge in [0.25, 0.3) is 0 Å². The molecule has 2 aromatic heterocycles. The molecule has 4 aromatic rings. The van der Waals surface area contributed by atoms with Gasteiger partial charge in [-0.2, -0.15) is 0 Å². The number of nitrogen functional groups attached to an aromatic ring is 1. The van der Waals surface area contributed by atoms with E-state index in [9.17, 15) is 4.79 Å². The molecule has 1 fully saturated rings. The van der Waals surface area contributed by atoms with Gasteiger partial charge in [-0.3, -0.25) is 4.79 Å². The third-order valence-electron chi connectivity index (χ3n) is 6.38. The zero-order chi connectivity index (χ0) is 25.1. The maximum atomic E-state index is 12.7. The molecule has 8 heteroatoms. The largest absolute Gasteiger partial charge is 0.457 e. The maximum Gasteiger partial charge on any atom is 0.246 e. The van der Waals surface area contributed by atoms with E-state index in [-0.39, 0.29) is 11.9 Å². The normalized spacial score (nSPS) is 15.9. The quantitative estimate of drug-likeness (QED) is 0.394. The summed E-state index contributed by atoms with van der Waals surface area (Å²) in [7, 11) is 3.96. The number of nitrogens with two attached hydrogens (primary N) is 1. The fourth-order valence-corrected chi connectivity index (χ4v) is 4.57. The SMILES string of the molecule is CN(C)CC=CC(=O)N1CCC(n2cc(-c3ccc(Oc4ccccc4)cc3)c3c(N)ncnc32)C1. The molecule has 0 bridgehead atoms. The van der Waals surface area contributed by atoms with Crippen LogP contribution in [0.4, 0.5) is 5.82 Å². The highest BCUT2D eigenvalue weighted by molar-refractivity contribution is 6.00. The number of likely N-dealkylation sites (tertiary alicyclic amines) is 1. The summed E-state index contributed by atoms with van der Waals surface area (Å²) in [5.41, 5.74) is 9.07. The van der Waals surface area contributed by atoms with Crippen molar-refractivity contribution in [3.63, 3.8) is 0 Å². The fourth-order valence-electron chi connectivity index (χ4n) is 4.57. The average Bonchev–Trinajstić information content (AvgIpc) is 3.51. The van der Waals surface area contributed by atoms with Crippen molar-refractivity contribution in [3.05, 3.63) is 79.3 Å². The summed E-state index contributed by atoms with van der Waals surface area (Å²) in [6.45, 7) is 2.07. The Kier molecular flexibility index (Phi) is 6.69. The van der Waals surface area contributed by atoms with E-state index in [0.717, 1.165) is 46.6 Å². The standard InChI is InChI=1S/C28H30N6O2/c1-32(2)15-6-9-25(35)33-16-14-21(17-33)34-18-24(26-27(29)30-19-31-28(26)34)20-10-12-23(13-11-20)36-22-7-4-3-5-8-22/h3-13,18-19,21H,14-17H2,1-2H3,(H2,29,30,31). The summed E-state index contributed by atoms with van der Waals surface area (Å²) in [5, 5.41) is 0.824. The molecule has 5 rings (SSSR count). The first-order valence-electron chi connectivity index (χ1n) is 12.0. The van der Waals surface area contributed by atoms with Crippen LogP contribution >= 0.6 is 0 Å². The molecule has 1 aliphatic heterocycles. The predicted octanol–water partition coefficient (Wildman–Crippen LogP) is 4.36. The van der Waals surface area contributed by atoms with Gasteiger partial charge in [0.05, 0.1) is 11.4 Å². The second-order valence-corrected chi connectivity index (χ2v) is 9.24. The van der Waals surface area contributed by atoms with Gasteiger partial charge in [0, 0.05) is 37.5 Å². The minimum atomic E-state index is 0.0409. The third-order valence-corrected chi connectivity index (χ3v) is 6.38. The molecular formula is C28H30N6O2. The van der Waals surface area contributed by atoms with Crippen LogP contribution in [0, 0.1) is 0 Å². The second kappa shape index (κ2) is 10.2. The molecule has 1 atom stereocenters. The number of anilines is 1. The van der Waals surface area contributed by atoms with E-state index in [1.54, 1.807) is 6.08 Å². The Labute approximate surface area is 210 Å². The first-order chi connectivity index (χ1) is 17.5. The van der Waals surface area contributed by atoms with Crippen LogP contribution in [0.2, 0.25) is 0 Å². The summed E-state index contributed by atoms with van der Waals surface area (Å²) in [4.78, 5) is 25.4. The van der Waals surface area contributed by atoms with Crippen LogP contribution in [-0.4, -0.2) is 64.0 Å². The summed E-state index contributed by atoms with van der Waals surface area (Å²) in [6.07, 6.45) is 8.00. The van der Waals surface area contributed by atoms with Gasteiger partial charge in [0.1, 0.15) is 29.3 Å². The third kappa shape index (κ3) is 4.94. The number of nitrogens with zero attached hydrogens (tertiary/aromatic N) is 5. The predicted molar refractivity (Wildman–Crippen MR) is 142 cm³/mol. The van der Waals surface area contributed by atoms with Gasteiger partial charge in [-0.1, -0.05) is 36.4 Å². The molecule has 36 heavy (non-hydrogen) atoms. The molecule has 184 valence electrons. The molecule has 0 spiro atoms. The number of hydrogen-bond acceptors (Lipinski definition) is 6. The van der Waals surface area contributed by atoms with E-state index >= 15 is 0 Å². The molecule has 2 aromatic carbocycles. The molecule has 0 radical (unpaired) electrons. The van der Waals surface area contributed by atoms with E-state index in [2.05, 4.69) is 20.7 Å². The van der Waals surface area contributed by atoms with Gasteiger partial charge in [-0.15, -0.1) is 0 Å². The van der Waals surface area contributed by atoms with E-state index in [0.29, 0.717) is 18.9 Å². The molecule has 1 unspecified atom stereocenters. The smallest absolute Gasteiger partial charge is 0.246 e.